The third-order valence-electron chi connectivity index (χ3n) is 5.84. The van der Waals surface area contributed by atoms with Gasteiger partial charge in [0.15, 0.2) is 0 Å². The van der Waals surface area contributed by atoms with Crippen molar-refractivity contribution in [1.82, 2.24) is 24.6 Å². The quantitative estimate of drug-likeness (QED) is 0.663. The van der Waals surface area contributed by atoms with Gasteiger partial charge in [-0.15, -0.1) is 0 Å². The molecule has 0 amide bonds. The highest BCUT2D eigenvalue weighted by Crippen LogP contribution is 2.20. The van der Waals surface area contributed by atoms with Gasteiger partial charge in [0.05, 0.1) is 17.1 Å². The van der Waals surface area contributed by atoms with Crippen LogP contribution in [-0.2, 0) is 13.1 Å². The first-order valence-electron chi connectivity index (χ1n) is 10.6. The number of hydrogen-bond acceptors (Lipinski definition) is 4. The van der Waals surface area contributed by atoms with E-state index in [0.717, 1.165) is 56.3 Å². The molecule has 0 bridgehead atoms. The van der Waals surface area contributed by atoms with E-state index in [-0.39, 0.29) is 0 Å². The predicted molar refractivity (Wildman–Crippen MR) is 117 cm³/mol. The van der Waals surface area contributed by atoms with Gasteiger partial charge in [-0.05, 0) is 64.5 Å². The van der Waals surface area contributed by atoms with Crippen molar-refractivity contribution < 1.29 is 0 Å². The Kier molecular flexibility index (Phi) is 6.07. The van der Waals surface area contributed by atoms with Crippen LogP contribution in [0.1, 0.15) is 34.8 Å². The van der Waals surface area contributed by atoms with Gasteiger partial charge < -0.3 is 0 Å². The Morgan fingerprint density at radius 2 is 1.52 bits per heavy atom. The highest BCUT2D eigenvalue weighted by Gasteiger charge is 2.19. The van der Waals surface area contributed by atoms with Crippen molar-refractivity contribution in [2.24, 2.45) is 0 Å². The minimum absolute atomic E-state index is 0.944. The standard InChI is InChI=1S/C24H31N5/c1-19-9-7-10-22(25-19)17-27-13-8-14-28(16-15-27)18-24-20(2)26-29(21(24)3)23-11-5-4-6-12-23/h4-7,9-12H,8,13-18H2,1-3H3. The molecule has 0 unspecified atom stereocenters. The third kappa shape index (κ3) is 4.74. The highest BCUT2D eigenvalue weighted by molar-refractivity contribution is 5.36. The molecule has 4 rings (SSSR count). The molecule has 1 aliphatic rings. The van der Waals surface area contributed by atoms with E-state index in [9.17, 15) is 0 Å². The molecule has 29 heavy (non-hydrogen) atoms. The third-order valence-corrected chi connectivity index (χ3v) is 5.84. The zero-order chi connectivity index (χ0) is 20.2. The van der Waals surface area contributed by atoms with Gasteiger partial charge in [0, 0.05) is 43.1 Å². The molecule has 3 aromatic rings. The van der Waals surface area contributed by atoms with Crippen molar-refractivity contribution in [3.05, 3.63) is 76.9 Å². The molecule has 5 heteroatoms. The Labute approximate surface area is 174 Å². The summed E-state index contributed by atoms with van der Waals surface area (Å²) in [6, 6.07) is 16.7. The Morgan fingerprint density at radius 1 is 0.793 bits per heavy atom. The largest absolute Gasteiger partial charge is 0.298 e. The number of aromatic nitrogens is 3. The van der Waals surface area contributed by atoms with E-state index in [0.29, 0.717) is 0 Å². The molecule has 1 fully saturated rings. The molecule has 152 valence electrons. The van der Waals surface area contributed by atoms with Crippen LogP contribution in [-0.4, -0.2) is 50.7 Å². The smallest absolute Gasteiger partial charge is 0.0648 e. The predicted octanol–water partition coefficient (Wildman–Crippen LogP) is 3.90. The second-order valence-corrected chi connectivity index (χ2v) is 8.07. The first-order chi connectivity index (χ1) is 14.1. The number of hydrogen-bond donors (Lipinski definition) is 0. The lowest BCUT2D eigenvalue weighted by Gasteiger charge is -2.22. The summed E-state index contributed by atoms with van der Waals surface area (Å²) >= 11 is 0. The van der Waals surface area contributed by atoms with E-state index in [2.05, 4.69) is 82.7 Å². The highest BCUT2D eigenvalue weighted by atomic mass is 15.3. The Hall–Kier alpha value is -2.50. The summed E-state index contributed by atoms with van der Waals surface area (Å²) in [5.74, 6) is 0. The molecular weight excluding hydrogens is 358 g/mol. The van der Waals surface area contributed by atoms with Crippen LogP contribution in [0.2, 0.25) is 0 Å². The summed E-state index contributed by atoms with van der Waals surface area (Å²) in [7, 11) is 0. The molecule has 0 N–H and O–H groups in total. The number of aryl methyl sites for hydroxylation is 2. The van der Waals surface area contributed by atoms with Gasteiger partial charge in [-0.25, -0.2) is 4.68 Å². The van der Waals surface area contributed by atoms with Crippen LogP contribution in [0.15, 0.2) is 48.5 Å². The van der Waals surface area contributed by atoms with Gasteiger partial charge in [-0.1, -0.05) is 24.3 Å². The van der Waals surface area contributed by atoms with Crippen LogP contribution in [0.5, 0.6) is 0 Å². The Balaban J connectivity index is 1.41. The van der Waals surface area contributed by atoms with Gasteiger partial charge in [0.2, 0.25) is 0 Å². The van der Waals surface area contributed by atoms with Gasteiger partial charge in [-0.3, -0.25) is 14.8 Å². The molecule has 0 spiro atoms. The maximum atomic E-state index is 4.82. The molecular formula is C24H31N5. The number of rotatable bonds is 5. The van der Waals surface area contributed by atoms with Crippen LogP contribution in [0.4, 0.5) is 0 Å². The van der Waals surface area contributed by atoms with Crippen LogP contribution >= 0.6 is 0 Å². The normalized spacial score (nSPS) is 16.1. The molecule has 3 heterocycles. The molecule has 0 radical (unpaired) electrons. The van der Waals surface area contributed by atoms with Crippen LogP contribution in [0.3, 0.4) is 0 Å². The molecule has 1 saturated heterocycles. The fourth-order valence-electron chi connectivity index (χ4n) is 4.21. The topological polar surface area (TPSA) is 37.2 Å². The fraction of sp³-hybridized carbons (Fsp3) is 0.417. The maximum Gasteiger partial charge on any atom is 0.0648 e. The van der Waals surface area contributed by atoms with Crippen molar-refractivity contribution in [3.63, 3.8) is 0 Å². The summed E-state index contributed by atoms with van der Waals surface area (Å²) in [4.78, 5) is 9.79. The van der Waals surface area contributed by atoms with Gasteiger partial charge in [0.25, 0.3) is 0 Å². The fourth-order valence-corrected chi connectivity index (χ4v) is 4.21. The van der Waals surface area contributed by atoms with E-state index in [4.69, 9.17) is 5.10 Å². The van der Waals surface area contributed by atoms with E-state index in [1.165, 1.54) is 23.4 Å². The van der Waals surface area contributed by atoms with Crippen LogP contribution < -0.4 is 0 Å². The minimum Gasteiger partial charge on any atom is -0.298 e. The first-order valence-corrected chi connectivity index (χ1v) is 10.6. The number of benzene rings is 1. The molecule has 1 aromatic carbocycles. The van der Waals surface area contributed by atoms with Gasteiger partial charge >= 0.3 is 0 Å². The summed E-state index contributed by atoms with van der Waals surface area (Å²) in [6.07, 6.45) is 1.19. The zero-order valence-electron chi connectivity index (χ0n) is 17.8. The average molecular weight is 390 g/mol. The molecule has 1 aliphatic heterocycles. The maximum absolute atomic E-state index is 4.82. The Bertz CT molecular complexity index is 947. The summed E-state index contributed by atoms with van der Waals surface area (Å²) < 4.78 is 2.08. The van der Waals surface area contributed by atoms with Crippen LogP contribution in [0.25, 0.3) is 5.69 Å². The first kappa shape index (κ1) is 19.8. The van der Waals surface area contributed by atoms with Gasteiger partial charge in [0.1, 0.15) is 0 Å². The average Bonchev–Trinajstić information content (AvgIpc) is 2.87. The number of nitrogens with zero attached hydrogens (tertiary/aromatic N) is 5. The van der Waals surface area contributed by atoms with Crippen molar-refractivity contribution in [1.29, 1.82) is 0 Å². The lowest BCUT2D eigenvalue weighted by molar-refractivity contribution is 0.245. The number of pyridine rings is 1. The summed E-state index contributed by atoms with van der Waals surface area (Å²) in [6.45, 7) is 12.7. The second kappa shape index (κ2) is 8.89. The SMILES string of the molecule is Cc1cccc(CN2CCCN(Cc3c(C)nn(-c4ccccc4)c3C)CC2)n1. The van der Waals surface area contributed by atoms with Gasteiger partial charge in [-0.2, -0.15) is 5.10 Å². The second-order valence-electron chi connectivity index (χ2n) is 8.07. The zero-order valence-corrected chi connectivity index (χ0v) is 17.8. The molecule has 0 atom stereocenters. The van der Waals surface area contributed by atoms with Crippen molar-refractivity contribution >= 4 is 0 Å². The van der Waals surface area contributed by atoms with E-state index in [1.54, 1.807) is 0 Å². The summed E-state index contributed by atoms with van der Waals surface area (Å²) in [5.41, 5.74) is 7.15. The van der Waals surface area contributed by atoms with E-state index < -0.39 is 0 Å². The van der Waals surface area contributed by atoms with E-state index >= 15 is 0 Å². The molecule has 0 aliphatic carbocycles. The molecule has 0 saturated carbocycles. The molecule has 5 nitrogen and oxygen atoms in total. The Morgan fingerprint density at radius 3 is 2.24 bits per heavy atom. The van der Waals surface area contributed by atoms with Crippen LogP contribution in [0, 0.1) is 20.8 Å². The number of para-hydroxylation sites is 1. The monoisotopic (exact) mass is 389 g/mol. The van der Waals surface area contributed by atoms with Crippen molar-refractivity contribution in [3.8, 4) is 5.69 Å². The lowest BCUT2D eigenvalue weighted by atomic mass is 10.1. The van der Waals surface area contributed by atoms with E-state index in [1.807, 2.05) is 6.07 Å². The summed E-state index contributed by atoms with van der Waals surface area (Å²) in [5, 5.41) is 4.82. The van der Waals surface area contributed by atoms with Crippen molar-refractivity contribution in [2.45, 2.75) is 40.3 Å². The molecule has 2 aromatic heterocycles. The lowest BCUT2D eigenvalue weighted by Crippen LogP contribution is -2.30. The van der Waals surface area contributed by atoms with Crippen molar-refractivity contribution in [2.75, 3.05) is 26.2 Å². The minimum atomic E-state index is 0.944.